The van der Waals surface area contributed by atoms with E-state index < -0.39 is 17.9 Å². The normalized spacial score (nSPS) is 17.5. The molecule has 2 rings (SSSR count). The van der Waals surface area contributed by atoms with Crippen molar-refractivity contribution >= 4 is 11.8 Å². The van der Waals surface area contributed by atoms with E-state index in [1.807, 2.05) is 0 Å². The van der Waals surface area contributed by atoms with Crippen molar-refractivity contribution in [2.24, 2.45) is 5.92 Å². The van der Waals surface area contributed by atoms with Crippen molar-refractivity contribution in [2.45, 2.75) is 45.1 Å². The van der Waals surface area contributed by atoms with Crippen LogP contribution >= 0.6 is 0 Å². The van der Waals surface area contributed by atoms with Gasteiger partial charge in [0.1, 0.15) is 5.82 Å². The minimum Gasteiger partial charge on any atom is -0.450 e. The summed E-state index contributed by atoms with van der Waals surface area (Å²) in [4.78, 5) is 23.8. The predicted octanol–water partition coefficient (Wildman–Crippen LogP) is 3.58. The van der Waals surface area contributed by atoms with Gasteiger partial charge in [-0.25, -0.2) is 4.39 Å². The van der Waals surface area contributed by atoms with E-state index in [9.17, 15) is 14.0 Å². The largest absolute Gasteiger partial charge is 0.450 e. The van der Waals surface area contributed by atoms with Crippen LogP contribution in [-0.4, -0.2) is 11.8 Å². The maximum absolute atomic E-state index is 13.3. The molecule has 0 saturated heterocycles. The second-order valence-electron chi connectivity index (χ2n) is 5.28. The molecule has 1 atom stereocenters. The fraction of sp³-hybridized carbons (Fsp3) is 0.500. The van der Waals surface area contributed by atoms with Gasteiger partial charge in [0.25, 0.3) is 0 Å². The molecule has 1 fully saturated rings. The standard InChI is InChI=1S/C16H19FO3/c1-11(18)20-16(13-8-5-9-14(17)10-13)15(19)12-6-3-2-4-7-12/h5,8-10,12,16H,2-4,6-7H2,1H3/t16-/m1/s1. The Hall–Kier alpha value is -1.71. The fourth-order valence-corrected chi connectivity index (χ4v) is 2.73. The van der Waals surface area contributed by atoms with Gasteiger partial charge in [-0.1, -0.05) is 31.4 Å². The Morgan fingerprint density at radius 1 is 1.25 bits per heavy atom. The van der Waals surface area contributed by atoms with E-state index in [0.29, 0.717) is 5.56 Å². The van der Waals surface area contributed by atoms with Crippen molar-refractivity contribution < 1.29 is 18.7 Å². The molecule has 20 heavy (non-hydrogen) atoms. The molecule has 0 aromatic heterocycles. The first-order valence-electron chi connectivity index (χ1n) is 7.04. The van der Waals surface area contributed by atoms with Crippen molar-refractivity contribution in [3.63, 3.8) is 0 Å². The summed E-state index contributed by atoms with van der Waals surface area (Å²) < 4.78 is 18.5. The third kappa shape index (κ3) is 3.65. The minimum absolute atomic E-state index is 0.0867. The number of hydrogen-bond donors (Lipinski definition) is 0. The highest BCUT2D eigenvalue weighted by Gasteiger charge is 2.31. The first-order valence-corrected chi connectivity index (χ1v) is 7.04. The van der Waals surface area contributed by atoms with Crippen molar-refractivity contribution in [1.82, 2.24) is 0 Å². The number of carbonyl (C=O) groups excluding carboxylic acids is 2. The number of ketones is 1. The SMILES string of the molecule is CC(=O)O[C@@H](C(=O)C1CCCCC1)c1cccc(F)c1. The molecule has 0 bridgehead atoms. The van der Waals surface area contributed by atoms with E-state index in [-0.39, 0.29) is 11.7 Å². The summed E-state index contributed by atoms with van der Waals surface area (Å²) in [5.74, 6) is -1.15. The van der Waals surface area contributed by atoms with Gasteiger partial charge >= 0.3 is 5.97 Å². The number of carbonyl (C=O) groups is 2. The first-order chi connectivity index (χ1) is 9.58. The quantitative estimate of drug-likeness (QED) is 0.791. The molecule has 1 saturated carbocycles. The molecule has 0 unspecified atom stereocenters. The van der Waals surface area contributed by atoms with Crippen LogP contribution in [0, 0.1) is 11.7 Å². The molecule has 1 aromatic carbocycles. The van der Waals surface area contributed by atoms with Crippen LogP contribution in [0.4, 0.5) is 4.39 Å². The number of halogens is 1. The first kappa shape index (κ1) is 14.7. The average Bonchev–Trinajstić information content (AvgIpc) is 2.45. The molecule has 0 N–H and O–H groups in total. The van der Waals surface area contributed by atoms with Gasteiger partial charge in [-0.3, -0.25) is 9.59 Å². The van der Waals surface area contributed by atoms with Gasteiger partial charge in [0.2, 0.25) is 0 Å². The number of benzene rings is 1. The zero-order valence-corrected chi connectivity index (χ0v) is 11.6. The Morgan fingerprint density at radius 2 is 1.95 bits per heavy atom. The molecule has 0 spiro atoms. The number of hydrogen-bond acceptors (Lipinski definition) is 3. The monoisotopic (exact) mass is 278 g/mol. The van der Waals surface area contributed by atoms with Crippen LogP contribution in [-0.2, 0) is 14.3 Å². The van der Waals surface area contributed by atoms with Crippen molar-refractivity contribution in [2.75, 3.05) is 0 Å². The average molecular weight is 278 g/mol. The molecule has 1 aromatic rings. The molecular formula is C16H19FO3. The predicted molar refractivity (Wildman–Crippen MR) is 72.5 cm³/mol. The highest BCUT2D eigenvalue weighted by atomic mass is 19.1. The molecule has 108 valence electrons. The number of Topliss-reactive ketones (excluding diaryl/α,β-unsaturated/α-hetero) is 1. The summed E-state index contributed by atoms with van der Waals surface area (Å²) in [6, 6.07) is 5.71. The lowest BCUT2D eigenvalue weighted by Gasteiger charge is -2.25. The molecule has 0 amide bonds. The lowest BCUT2D eigenvalue weighted by Crippen LogP contribution is -2.27. The van der Waals surface area contributed by atoms with Crippen molar-refractivity contribution in [3.05, 3.63) is 35.6 Å². The summed E-state index contributed by atoms with van der Waals surface area (Å²) in [7, 11) is 0. The van der Waals surface area contributed by atoms with Gasteiger partial charge in [-0.15, -0.1) is 0 Å². The fourth-order valence-electron chi connectivity index (χ4n) is 2.73. The summed E-state index contributed by atoms with van der Waals surface area (Å²) in [6.45, 7) is 1.26. The smallest absolute Gasteiger partial charge is 0.303 e. The topological polar surface area (TPSA) is 43.4 Å². The van der Waals surface area contributed by atoms with E-state index >= 15 is 0 Å². The van der Waals surface area contributed by atoms with E-state index in [0.717, 1.165) is 32.1 Å². The molecule has 1 aliphatic rings. The Kier molecular flexibility index (Phi) is 4.88. The van der Waals surface area contributed by atoms with Gasteiger partial charge in [0.15, 0.2) is 11.9 Å². The lowest BCUT2D eigenvalue weighted by atomic mass is 9.83. The summed E-state index contributed by atoms with van der Waals surface area (Å²) in [6.07, 6.45) is 3.85. The lowest BCUT2D eigenvalue weighted by molar-refractivity contribution is -0.155. The van der Waals surface area contributed by atoms with E-state index in [2.05, 4.69) is 0 Å². The molecule has 1 aliphatic carbocycles. The number of esters is 1. The van der Waals surface area contributed by atoms with Gasteiger partial charge in [0, 0.05) is 18.4 Å². The van der Waals surface area contributed by atoms with E-state index in [4.69, 9.17) is 4.74 Å². The highest BCUT2D eigenvalue weighted by molar-refractivity contribution is 5.88. The third-order valence-electron chi connectivity index (χ3n) is 3.70. The van der Waals surface area contributed by atoms with Crippen LogP contribution in [0.2, 0.25) is 0 Å². The third-order valence-corrected chi connectivity index (χ3v) is 3.70. The Labute approximate surface area is 118 Å². The second-order valence-corrected chi connectivity index (χ2v) is 5.28. The molecule has 0 aliphatic heterocycles. The zero-order valence-electron chi connectivity index (χ0n) is 11.6. The van der Waals surface area contributed by atoms with Crippen LogP contribution in [0.25, 0.3) is 0 Å². The molecular weight excluding hydrogens is 259 g/mol. The maximum atomic E-state index is 13.3. The number of rotatable bonds is 4. The second kappa shape index (κ2) is 6.64. The maximum Gasteiger partial charge on any atom is 0.303 e. The van der Waals surface area contributed by atoms with E-state index in [1.165, 1.54) is 25.1 Å². The van der Waals surface area contributed by atoms with Crippen LogP contribution in [0.15, 0.2) is 24.3 Å². The molecule has 4 heteroatoms. The summed E-state index contributed by atoms with van der Waals surface area (Å²) >= 11 is 0. The molecule has 3 nitrogen and oxygen atoms in total. The van der Waals surface area contributed by atoms with Crippen LogP contribution in [0.5, 0.6) is 0 Å². The van der Waals surface area contributed by atoms with Gasteiger partial charge in [-0.2, -0.15) is 0 Å². The van der Waals surface area contributed by atoms with E-state index in [1.54, 1.807) is 6.07 Å². The zero-order chi connectivity index (χ0) is 14.5. The van der Waals surface area contributed by atoms with Gasteiger partial charge in [0.05, 0.1) is 0 Å². The van der Waals surface area contributed by atoms with Crippen LogP contribution in [0.1, 0.15) is 50.7 Å². The number of ether oxygens (including phenoxy) is 1. The van der Waals surface area contributed by atoms with Gasteiger partial charge in [-0.05, 0) is 25.0 Å². The Morgan fingerprint density at radius 3 is 2.55 bits per heavy atom. The minimum atomic E-state index is -0.980. The highest BCUT2D eigenvalue weighted by Crippen LogP contribution is 2.31. The molecule has 0 radical (unpaired) electrons. The van der Waals surface area contributed by atoms with Gasteiger partial charge < -0.3 is 4.74 Å². The Balaban J connectivity index is 2.22. The van der Waals surface area contributed by atoms with Crippen molar-refractivity contribution in [3.8, 4) is 0 Å². The summed E-state index contributed by atoms with van der Waals surface area (Å²) in [5, 5.41) is 0. The van der Waals surface area contributed by atoms with Crippen LogP contribution < -0.4 is 0 Å². The van der Waals surface area contributed by atoms with Crippen molar-refractivity contribution in [1.29, 1.82) is 0 Å². The van der Waals surface area contributed by atoms with Crippen LogP contribution in [0.3, 0.4) is 0 Å². The summed E-state index contributed by atoms with van der Waals surface area (Å²) in [5.41, 5.74) is 0.413. The molecule has 0 heterocycles. The Bertz CT molecular complexity index is 492.